The molecule has 0 unspecified atom stereocenters. The first-order valence-corrected chi connectivity index (χ1v) is 11.1. The molecular weight excluding hydrogens is 450 g/mol. The predicted molar refractivity (Wildman–Crippen MR) is 136 cm³/mol. The monoisotopic (exact) mass is 469 g/mol. The van der Waals surface area contributed by atoms with Gasteiger partial charge in [-0.05, 0) is 59.0 Å². The smallest absolute Gasteiger partial charge is 0.251 e. The molecule has 0 bridgehead atoms. The van der Waals surface area contributed by atoms with Crippen LogP contribution in [0.25, 0.3) is 21.7 Å². The van der Waals surface area contributed by atoms with E-state index in [-0.39, 0.29) is 5.91 Å². The Morgan fingerprint density at radius 2 is 1.72 bits per heavy atom. The van der Waals surface area contributed by atoms with Crippen LogP contribution < -0.4 is 11.1 Å². The second kappa shape index (κ2) is 9.49. The largest absolute Gasteiger partial charge is 0.383 e. The van der Waals surface area contributed by atoms with Crippen LogP contribution >= 0.6 is 0 Å². The summed E-state index contributed by atoms with van der Waals surface area (Å²) in [6, 6.07) is 20.7. The highest BCUT2D eigenvalue weighted by Crippen LogP contribution is 2.22. The molecule has 8 heteroatoms. The maximum Gasteiger partial charge on any atom is 0.251 e. The van der Waals surface area contributed by atoms with Gasteiger partial charge in [-0.2, -0.15) is 10.5 Å². The van der Waals surface area contributed by atoms with Gasteiger partial charge < -0.3 is 11.1 Å². The van der Waals surface area contributed by atoms with E-state index in [1.165, 1.54) is 6.20 Å². The average Bonchev–Trinajstić information content (AvgIpc) is 2.91. The van der Waals surface area contributed by atoms with Crippen molar-refractivity contribution in [2.24, 2.45) is 0 Å². The number of hydrogen-bond donors (Lipinski definition) is 2. The van der Waals surface area contributed by atoms with Gasteiger partial charge in [0.2, 0.25) is 0 Å². The number of rotatable bonds is 5. The third-order valence-corrected chi connectivity index (χ3v) is 5.87. The number of nitriles is 2. The van der Waals surface area contributed by atoms with Crippen molar-refractivity contribution in [3.05, 3.63) is 107 Å². The highest BCUT2D eigenvalue weighted by atomic mass is 16.1. The molecule has 0 saturated heterocycles. The fraction of sp³-hybridized carbons (Fsp3) is 0.0714. The number of nitrogens with one attached hydrogen (secondary N) is 1. The number of nitrogen functional groups attached to an aromatic ring is 1. The second-order valence-corrected chi connectivity index (χ2v) is 8.31. The van der Waals surface area contributed by atoms with Gasteiger partial charge in [0.15, 0.2) is 0 Å². The van der Waals surface area contributed by atoms with Gasteiger partial charge in [-0.25, -0.2) is 4.98 Å². The van der Waals surface area contributed by atoms with E-state index in [0.29, 0.717) is 52.1 Å². The van der Waals surface area contributed by atoms with Crippen molar-refractivity contribution >= 4 is 33.4 Å². The molecule has 0 atom stereocenters. The molecule has 3 heterocycles. The van der Waals surface area contributed by atoms with Crippen LogP contribution in [0.15, 0.2) is 73.2 Å². The van der Waals surface area contributed by atoms with Crippen molar-refractivity contribution in [3.63, 3.8) is 0 Å². The van der Waals surface area contributed by atoms with Gasteiger partial charge in [0.1, 0.15) is 18.0 Å². The summed E-state index contributed by atoms with van der Waals surface area (Å²) in [6.45, 7) is 0.360. The van der Waals surface area contributed by atoms with Crippen molar-refractivity contribution in [1.82, 2.24) is 20.3 Å². The molecular formula is C28H19N7O. The number of fused-ring (bicyclic) bond motifs is 2. The third kappa shape index (κ3) is 4.52. The summed E-state index contributed by atoms with van der Waals surface area (Å²) in [5.74, 6) is 0.259. The van der Waals surface area contributed by atoms with E-state index < -0.39 is 0 Å². The van der Waals surface area contributed by atoms with E-state index in [0.717, 1.165) is 21.9 Å². The predicted octanol–water partition coefficient (Wildman–Crippen LogP) is 4.02. The van der Waals surface area contributed by atoms with Gasteiger partial charge in [-0.1, -0.05) is 12.1 Å². The molecule has 8 nitrogen and oxygen atoms in total. The summed E-state index contributed by atoms with van der Waals surface area (Å²) < 4.78 is 0. The number of nitrogens with two attached hydrogens (primary N) is 1. The van der Waals surface area contributed by atoms with E-state index in [4.69, 9.17) is 5.73 Å². The molecule has 0 aliphatic rings. The minimum atomic E-state index is -0.216. The van der Waals surface area contributed by atoms with Gasteiger partial charge in [0, 0.05) is 53.6 Å². The van der Waals surface area contributed by atoms with Gasteiger partial charge in [0.05, 0.1) is 16.6 Å². The van der Waals surface area contributed by atoms with Crippen LogP contribution in [-0.4, -0.2) is 20.9 Å². The van der Waals surface area contributed by atoms with Crippen LogP contribution in [0.3, 0.4) is 0 Å². The highest BCUT2D eigenvalue weighted by molar-refractivity contribution is 5.94. The average molecular weight is 470 g/mol. The third-order valence-electron chi connectivity index (χ3n) is 5.87. The molecule has 0 saturated carbocycles. The number of carbonyl (C=O) groups excluding carboxylic acids is 1. The number of anilines is 1. The first-order valence-electron chi connectivity index (χ1n) is 11.1. The number of carbonyl (C=O) groups is 1. The summed E-state index contributed by atoms with van der Waals surface area (Å²) in [5.41, 5.74) is 10.3. The van der Waals surface area contributed by atoms with E-state index in [1.807, 2.05) is 30.3 Å². The zero-order valence-corrected chi connectivity index (χ0v) is 19.1. The Balaban J connectivity index is 1.33. The van der Waals surface area contributed by atoms with E-state index >= 15 is 0 Å². The summed E-state index contributed by atoms with van der Waals surface area (Å²) >= 11 is 0. The molecule has 3 aromatic heterocycles. The number of nitrogens with zero attached hydrogens (tertiary/aromatic N) is 5. The molecule has 0 aliphatic heterocycles. The number of amides is 1. The normalized spacial score (nSPS) is 10.6. The van der Waals surface area contributed by atoms with Crippen molar-refractivity contribution in [2.45, 2.75) is 13.0 Å². The van der Waals surface area contributed by atoms with Gasteiger partial charge in [-0.15, -0.1) is 0 Å². The van der Waals surface area contributed by atoms with Crippen LogP contribution in [0.1, 0.15) is 38.3 Å². The van der Waals surface area contributed by atoms with Crippen LogP contribution in [0, 0.1) is 22.7 Å². The lowest BCUT2D eigenvalue weighted by Crippen LogP contribution is -2.23. The van der Waals surface area contributed by atoms with Gasteiger partial charge >= 0.3 is 0 Å². The van der Waals surface area contributed by atoms with Gasteiger partial charge in [-0.3, -0.25) is 14.8 Å². The fourth-order valence-electron chi connectivity index (χ4n) is 4.13. The number of aromatic nitrogens is 3. The number of benzene rings is 2. The Morgan fingerprint density at radius 3 is 2.56 bits per heavy atom. The van der Waals surface area contributed by atoms with Crippen LogP contribution in [0.2, 0.25) is 0 Å². The minimum absolute atomic E-state index is 0.216. The van der Waals surface area contributed by atoms with E-state index in [2.05, 4.69) is 32.4 Å². The Hall–Kier alpha value is -5.34. The van der Waals surface area contributed by atoms with Crippen molar-refractivity contribution in [3.8, 4) is 12.1 Å². The Bertz CT molecular complexity index is 1730. The molecule has 1 amide bonds. The molecule has 36 heavy (non-hydrogen) atoms. The summed E-state index contributed by atoms with van der Waals surface area (Å²) in [7, 11) is 0. The highest BCUT2D eigenvalue weighted by Gasteiger charge is 2.11. The maximum absolute atomic E-state index is 12.8. The summed E-state index contributed by atoms with van der Waals surface area (Å²) in [6.07, 6.45) is 5.13. The number of pyridine rings is 3. The Labute approximate surface area is 206 Å². The lowest BCUT2D eigenvalue weighted by molar-refractivity contribution is 0.0950. The first-order chi connectivity index (χ1) is 17.5. The molecule has 0 aliphatic carbocycles. The van der Waals surface area contributed by atoms with Crippen LogP contribution in [-0.2, 0) is 13.0 Å². The molecule has 2 aromatic carbocycles. The fourth-order valence-corrected chi connectivity index (χ4v) is 4.13. The van der Waals surface area contributed by atoms with Crippen molar-refractivity contribution in [1.29, 1.82) is 10.5 Å². The summed E-state index contributed by atoms with van der Waals surface area (Å²) in [4.78, 5) is 25.6. The minimum Gasteiger partial charge on any atom is -0.383 e. The Morgan fingerprint density at radius 1 is 0.889 bits per heavy atom. The topological polar surface area (TPSA) is 141 Å². The molecule has 0 spiro atoms. The molecule has 5 aromatic rings. The summed E-state index contributed by atoms with van der Waals surface area (Å²) in [5, 5.41) is 24.2. The van der Waals surface area contributed by atoms with E-state index in [1.54, 1.807) is 36.7 Å². The van der Waals surface area contributed by atoms with Gasteiger partial charge in [0.25, 0.3) is 5.91 Å². The lowest BCUT2D eigenvalue weighted by atomic mass is 10.0. The molecule has 0 fully saturated rings. The SMILES string of the molecule is N#Cc1cnc2c(C#N)cc(Cc3cc(C(=O)NCc4ccc5c(N)nccc5c4)ccn3)cc2c1. The van der Waals surface area contributed by atoms with Crippen molar-refractivity contribution in [2.75, 3.05) is 5.73 Å². The quantitative estimate of drug-likeness (QED) is 0.396. The lowest BCUT2D eigenvalue weighted by Gasteiger charge is -2.09. The van der Waals surface area contributed by atoms with Crippen molar-refractivity contribution < 1.29 is 4.79 Å². The molecule has 172 valence electrons. The molecule has 3 N–H and O–H groups in total. The molecule has 5 rings (SSSR count). The zero-order chi connectivity index (χ0) is 25.1. The Kier molecular flexibility index (Phi) is 5.92. The first kappa shape index (κ1) is 22.5. The standard InChI is InChI=1S/C28H19N7O/c29-13-19-10-22-8-18(9-23(14-30)26(22)34-16-19)11-24-12-21(4-5-32-24)28(36)35-15-17-1-2-25-20(7-17)3-6-33-27(25)31/h1-10,12,16H,11,15H2,(H2,31,33)(H,35,36). The maximum atomic E-state index is 12.8. The number of hydrogen-bond acceptors (Lipinski definition) is 7. The van der Waals surface area contributed by atoms with Crippen LogP contribution in [0.5, 0.6) is 0 Å². The second-order valence-electron chi connectivity index (χ2n) is 8.31. The zero-order valence-electron chi connectivity index (χ0n) is 19.1. The van der Waals surface area contributed by atoms with Crippen LogP contribution in [0.4, 0.5) is 5.82 Å². The molecule has 0 radical (unpaired) electrons. The van der Waals surface area contributed by atoms with E-state index in [9.17, 15) is 15.3 Å².